The van der Waals surface area contributed by atoms with E-state index >= 15 is 0 Å². The highest BCUT2D eigenvalue weighted by molar-refractivity contribution is 6.33. The quantitative estimate of drug-likeness (QED) is 0.768. The molecular weight excluding hydrogens is 203 g/mol. The van der Waals surface area contributed by atoms with Crippen LogP contribution in [0.5, 0.6) is 5.75 Å². The van der Waals surface area contributed by atoms with Crippen LogP contribution in [-0.2, 0) is 0 Å². The lowest BCUT2D eigenvalue weighted by atomic mass is 9.93. The second-order valence-electron chi connectivity index (χ2n) is 4.52. The van der Waals surface area contributed by atoms with E-state index in [4.69, 9.17) is 14.7 Å². The van der Waals surface area contributed by atoms with E-state index in [9.17, 15) is 0 Å². The Morgan fingerprint density at radius 3 is 1.75 bits per heavy atom. The average Bonchev–Trinajstić information content (AvgIpc) is 2.16. The van der Waals surface area contributed by atoms with Crippen molar-refractivity contribution < 1.29 is 14.7 Å². The Kier molecular flexibility index (Phi) is 4.39. The van der Waals surface area contributed by atoms with Gasteiger partial charge >= 0.3 is 7.32 Å². The molecular formula is C12H19BO3. The Morgan fingerprint density at radius 1 is 1.00 bits per heavy atom. The summed E-state index contributed by atoms with van der Waals surface area (Å²) in [5.74, 6) is 1.17. The molecule has 0 spiro atoms. The zero-order valence-corrected chi connectivity index (χ0v) is 10.3. The average molecular weight is 222 g/mol. The van der Waals surface area contributed by atoms with Crippen LogP contribution in [0.25, 0.3) is 0 Å². The molecule has 3 nitrogen and oxygen atoms in total. The van der Waals surface area contributed by atoms with Crippen molar-refractivity contribution in [3.05, 3.63) is 29.3 Å². The number of benzene rings is 1. The molecule has 0 aliphatic rings. The van der Waals surface area contributed by atoms with Gasteiger partial charge in [-0.2, -0.15) is 0 Å². The van der Waals surface area contributed by atoms with E-state index in [0.717, 1.165) is 11.1 Å². The summed E-state index contributed by atoms with van der Waals surface area (Å²) in [6.45, 7) is 8.21. The third-order valence-corrected chi connectivity index (χ3v) is 2.54. The summed E-state index contributed by atoms with van der Waals surface area (Å²) in [6.07, 6.45) is 0. The molecule has 88 valence electrons. The number of hydrogen-bond acceptors (Lipinski definition) is 3. The first kappa shape index (κ1) is 13.1. The minimum absolute atomic E-state index is 0.285. The highest BCUT2D eigenvalue weighted by atomic mass is 16.6. The Hall–Kier alpha value is -0.995. The summed E-state index contributed by atoms with van der Waals surface area (Å²) in [7, 11) is -1.77. The minimum Gasteiger partial charge on any atom is -0.512 e. The fraction of sp³-hybridized carbons (Fsp3) is 0.500. The Labute approximate surface area is 97.3 Å². The molecule has 0 fully saturated rings. The number of hydrogen-bond donors (Lipinski definition) is 2. The Morgan fingerprint density at radius 2 is 1.44 bits per heavy atom. The highest BCUT2D eigenvalue weighted by Crippen LogP contribution is 2.34. The molecule has 4 heteroatoms. The van der Waals surface area contributed by atoms with Gasteiger partial charge in [-0.3, -0.25) is 0 Å². The molecule has 0 saturated heterocycles. The smallest absolute Gasteiger partial charge is 0.512 e. The van der Waals surface area contributed by atoms with Crippen LogP contribution in [-0.4, -0.2) is 17.4 Å². The van der Waals surface area contributed by atoms with Crippen LogP contribution in [0.1, 0.15) is 50.7 Å². The van der Waals surface area contributed by atoms with Gasteiger partial charge in [0.1, 0.15) is 5.75 Å². The third kappa shape index (κ3) is 3.00. The van der Waals surface area contributed by atoms with Gasteiger partial charge in [-0.25, -0.2) is 0 Å². The molecule has 2 N–H and O–H groups in total. The highest BCUT2D eigenvalue weighted by Gasteiger charge is 2.20. The number of para-hydroxylation sites is 1. The van der Waals surface area contributed by atoms with Gasteiger partial charge in [0.25, 0.3) is 0 Å². The van der Waals surface area contributed by atoms with Crippen molar-refractivity contribution in [2.75, 3.05) is 0 Å². The molecule has 0 saturated carbocycles. The zero-order valence-electron chi connectivity index (χ0n) is 10.3. The molecule has 0 unspecified atom stereocenters. The van der Waals surface area contributed by atoms with E-state index < -0.39 is 7.32 Å². The van der Waals surface area contributed by atoms with Crippen molar-refractivity contribution in [1.82, 2.24) is 0 Å². The lowest BCUT2D eigenvalue weighted by Crippen LogP contribution is -2.22. The largest absolute Gasteiger partial charge is 0.707 e. The van der Waals surface area contributed by atoms with E-state index in [1.165, 1.54) is 0 Å². The fourth-order valence-electron chi connectivity index (χ4n) is 1.72. The Bertz CT molecular complexity index is 322. The van der Waals surface area contributed by atoms with Crippen LogP contribution in [0, 0.1) is 0 Å². The van der Waals surface area contributed by atoms with Gasteiger partial charge in [-0.15, -0.1) is 0 Å². The van der Waals surface area contributed by atoms with Gasteiger partial charge in [-0.05, 0) is 23.0 Å². The van der Waals surface area contributed by atoms with Crippen LogP contribution in [0.15, 0.2) is 18.2 Å². The second kappa shape index (κ2) is 5.37. The maximum Gasteiger partial charge on any atom is 0.707 e. The fourth-order valence-corrected chi connectivity index (χ4v) is 1.72. The molecule has 0 radical (unpaired) electrons. The van der Waals surface area contributed by atoms with Crippen LogP contribution < -0.4 is 4.65 Å². The molecule has 0 aliphatic carbocycles. The Balaban J connectivity index is 3.23. The first-order chi connectivity index (χ1) is 7.43. The van der Waals surface area contributed by atoms with Gasteiger partial charge in [0.05, 0.1) is 0 Å². The summed E-state index contributed by atoms with van der Waals surface area (Å²) < 4.78 is 5.11. The summed E-state index contributed by atoms with van der Waals surface area (Å²) >= 11 is 0. The van der Waals surface area contributed by atoms with Gasteiger partial charge in [0, 0.05) is 0 Å². The lowest BCUT2D eigenvalue weighted by Gasteiger charge is -2.19. The summed E-state index contributed by atoms with van der Waals surface area (Å²) in [5.41, 5.74) is 2.00. The molecule has 16 heavy (non-hydrogen) atoms. The van der Waals surface area contributed by atoms with Gasteiger partial charge in [0.2, 0.25) is 0 Å². The third-order valence-electron chi connectivity index (χ3n) is 2.54. The van der Waals surface area contributed by atoms with Crippen LogP contribution in [0.3, 0.4) is 0 Å². The predicted molar refractivity (Wildman–Crippen MR) is 65.4 cm³/mol. The predicted octanol–water partition coefficient (Wildman–Crippen LogP) is 2.28. The van der Waals surface area contributed by atoms with Crippen molar-refractivity contribution in [1.29, 1.82) is 0 Å². The molecule has 0 aliphatic heterocycles. The zero-order chi connectivity index (χ0) is 12.3. The maximum atomic E-state index is 8.95. The summed E-state index contributed by atoms with van der Waals surface area (Å²) in [6, 6.07) is 5.88. The van der Waals surface area contributed by atoms with Gasteiger partial charge < -0.3 is 14.7 Å². The monoisotopic (exact) mass is 222 g/mol. The molecule has 1 aromatic carbocycles. The van der Waals surface area contributed by atoms with E-state index in [2.05, 4.69) is 27.7 Å². The lowest BCUT2D eigenvalue weighted by molar-refractivity contribution is 0.285. The minimum atomic E-state index is -1.77. The summed E-state index contributed by atoms with van der Waals surface area (Å²) in [5, 5.41) is 17.9. The van der Waals surface area contributed by atoms with Crippen molar-refractivity contribution in [3.63, 3.8) is 0 Å². The van der Waals surface area contributed by atoms with Crippen molar-refractivity contribution in [2.45, 2.75) is 39.5 Å². The SMILES string of the molecule is CC(C)c1cccc(C(C)C)c1OB(O)O. The van der Waals surface area contributed by atoms with E-state index in [0.29, 0.717) is 5.75 Å². The molecule has 0 aromatic heterocycles. The standard InChI is InChI=1S/C12H19BO3/c1-8(2)10-6-5-7-11(9(3)4)12(10)16-13(14)15/h5-9,14-15H,1-4H3. The molecule has 0 bridgehead atoms. The second-order valence-corrected chi connectivity index (χ2v) is 4.52. The van der Waals surface area contributed by atoms with Crippen molar-refractivity contribution in [2.24, 2.45) is 0 Å². The van der Waals surface area contributed by atoms with Crippen LogP contribution >= 0.6 is 0 Å². The molecule has 1 aromatic rings. The van der Waals surface area contributed by atoms with E-state index in [-0.39, 0.29) is 11.8 Å². The summed E-state index contributed by atoms with van der Waals surface area (Å²) in [4.78, 5) is 0. The first-order valence-corrected chi connectivity index (χ1v) is 5.59. The number of rotatable bonds is 4. The van der Waals surface area contributed by atoms with Crippen LogP contribution in [0.2, 0.25) is 0 Å². The van der Waals surface area contributed by atoms with Crippen molar-refractivity contribution >= 4 is 7.32 Å². The molecule has 0 heterocycles. The van der Waals surface area contributed by atoms with Crippen LogP contribution in [0.4, 0.5) is 0 Å². The maximum absolute atomic E-state index is 8.95. The molecule has 1 rings (SSSR count). The van der Waals surface area contributed by atoms with E-state index in [1.807, 2.05) is 18.2 Å². The normalized spacial score (nSPS) is 11.0. The topological polar surface area (TPSA) is 49.7 Å². The molecule has 0 amide bonds. The van der Waals surface area contributed by atoms with Gasteiger partial charge in [0.15, 0.2) is 0 Å². The van der Waals surface area contributed by atoms with E-state index in [1.54, 1.807) is 0 Å². The van der Waals surface area contributed by atoms with Crippen molar-refractivity contribution in [3.8, 4) is 5.75 Å². The molecule has 0 atom stereocenters. The van der Waals surface area contributed by atoms with Gasteiger partial charge in [-0.1, -0.05) is 45.9 Å². The first-order valence-electron chi connectivity index (χ1n) is 5.59.